The van der Waals surface area contributed by atoms with E-state index in [0.29, 0.717) is 6.04 Å². The van der Waals surface area contributed by atoms with Crippen molar-refractivity contribution < 1.29 is 12.8 Å². The molecule has 1 aliphatic carbocycles. The number of nitrogen functional groups attached to an aromatic ring is 1. The molecule has 2 fully saturated rings. The van der Waals surface area contributed by atoms with Gasteiger partial charge in [-0.05, 0) is 47.3 Å². The Morgan fingerprint density at radius 2 is 2.05 bits per heavy atom. The van der Waals surface area contributed by atoms with Gasteiger partial charge in [0.2, 0.25) is 10.0 Å². The van der Waals surface area contributed by atoms with Gasteiger partial charge in [0.15, 0.2) is 0 Å². The summed E-state index contributed by atoms with van der Waals surface area (Å²) in [6, 6.07) is 2.76. The molecule has 1 saturated heterocycles. The van der Waals surface area contributed by atoms with Gasteiger partial charge >= 0.3 is 0 Å². The van der Waals surface area contributed by atoms with E-state index in [-0.39, 0.29) is 21.1 Å². The van der Waals surface area contributed by atoms with Crippen LogP contribution < -0.4 is 10.5 Å². The summed E-state index contributed by atoms with van der Waals surface area (Å²) in [6.07, 6.45) is 3.21. The normalized spacial score (nSPS) is 23.6. The first-order chi connectivity index (χ1) is 9.87. The van der Waals surface area contributed by atoms with Crippen LogP contribution in [0.15, 0.2) is 21.5 Å². The topological polar surface area (TPSA) is 75.4 Å². The number of nitrogens with one attached hydrogen (secondary N) is 1. The van der Waals surface area contributed by atoms with Crippen molar-refractivity contribution in [2.24, 2.45) is 0 Å². The Morgan fingerprint density at radius 1 is 1.33 bits per heavy atom. The molecule has 0 amide bonds. The third-order valence-electron chi connectivity index (χ3n) is 3.95. The second-order valence-corrected chi connectivity index (χ2v) is 8.17. The highest BCUT2D eigenvalue weighted by atomic mass is 79.9. The summed E-state index contributed by atoms with van der Waals surface area (Å²) in [7, 11) is -3.71. The van der Waals surface area contributed by atoms with E-state index in [9.17, 15) is 12.8 Å². The zero-order valence-corrected chi connectivity index (χ0v) is 13.8. The third kappa shape index (κ3) is 3.23. The van der Waals surface area contributed by atoms with Gasteiger partial charge in [-0.2, -0.15) is 0 Å². The van der Waals surface area contributed by atoms with Gasteiger partial charge in [0.1, 0.15) is 5.82 Å². The molecule has 1 atom stereocenters. The smallest absolute Gasteiger partial charge is 0.242 e. The van der Waals surface area contributed by atoms with E-state index in [2.05, 4.69) is 25.6 Å². The predicted octanol–water partition coefficient (Wildman–Crippen LogP) is 1.69. The molecule has 0 aromatic heterocycles. The lowest BCUT2D eigenvalue weighted by Crippen LogP contribution is -2.37. The highest BCUT2D eigenvalue weighted by Crippen LogP contribution is 2.31. The predicted molar refractivity (Wildman–Crippen MR) is 81.8 cm³/mol. The van der Waals surface area contributed by atoms with Crippen LogP contribution in [0.4, 0.5) is 10.1 Å². The first-order valence-corrected chi connectivity index (χ1v) is 9.15. The van der Waals surface area contributed by atoms with Gasteiger partial charge in [-0.1, -0.05) is 0 Å². The average molecular weight is 378 g/mol. The average Bonchev–Trinajstić information content (AvgIpc) is 3.15. The molecule has 1 saturated carbocycles. The molecule has 21 heavy (non-hydrogen) atoms. The van der Waals surface area contributed by atoms with Crippen molar-refractivity contribution in [3.05, 3.63) is 22.4 Å². The molecule has 1 aromatic rings. The van der Waals surface area contributed by atoms with Crippen LogP contribution in [0.1, 0.15) is 19.3 Å². The maximum Gasteiger partial charge on any atom is 0.242 e. The summed E-state index contributed by atoms with van der Waals surface area (Å²) in [4.78, 5) is 2.30. The van der Waals surface area contributed by atoms with Crippen LogP contribution in [0.2, 0.25) is 0 Å². The number of nitrogens with zero attached hydrogens (tertiary/aromatic N) is 1. The van der Waals surface area contributed by atoms with Crippen molar-refractivity contribution in [1.82, 2.24) is 9.62 Å². The van der Waals surface area contributed by atoms with Crippen LogP contribution in [0, 0.1) is 5.82 Å². The molecule has 0 radical (unpaired) electrons. The minimum Gasteiger partial charge on any atom is -0.396 e. The fourth-order valence-corrected chi connectivity index (χ4v) is 5.00. The van der Waals surface area contributed by atoms with Crippen molar-refractivity contribution in [3.8, 4) is 0 Å². The molecular weight excluding hydrogens is 361 g/mol. The highest BCUT2D eigenvalue weighted by molar-refractivity contribution is 9.10. The molecule has 8 heteroatoms. The molecule has 1 aromatic carbocycles. The van der Waals surface area contributed by atoms with Gasteiger partial charge in [0.25, 0.3) is 0 Å². The molecule has 0 bridgehead atoms. The van der Waals surface area contributed by atoms with E-state index in [4.69, 9.17) is 5.73 Å². The van der Waals surface area contributed by atoms with E-state index >= 15 is 0 Å². The Hall–Kier alpha value is -0.700. The number of nitrogens with two attached hydrogens (primary N) is 1. The summed E-state index contributed by atoms with van der Waals surface area (Å²) >= 11 is 3.09. The van der Waals surface area contributed by atoms with Crippen LogP contribution in [0.3, 0.4) is 0 Å². The molecule has 2 aliphatic rings. The first-order valence-electron chi connectivity index (χ1n) is 6.88. The Morgan fingerprint density at radius 3 is 2.71 bits per heavy atom. The fraction of sp³-hybridized carbons (Fsp3) is 0.538. The lowest BCUT2D eigenvalue weighted by atomic mass is 10.3. The largest absolute Gasteiger partial charge is 0.396 e. The van der Waals surface area contributed by atoms with Gasteiger partial charge in [-0.25, -0.2) is 17.5 Å². The van der Waals surface area contributed by atoms with Crippen molar-refractivity contribution in [2.45, 2.75) is 36.2 Å². The molecule has 3 rings (SSSR count). The molecule has 3 N–H and O–H groups in total. The second kappa shape index (κ2) is 5.49. The Labute approximate surface area is 131 Å². The summed E-state index contributed by atoms with van der Waals surface area (Å²) in [5.74, 6) is -0.637. The third-order valence-corrected chi connectivity index (χ3v) is 6.42. The number of hydrogen-bond donors (Lipinski definition) is 2. The number of sulfonamides is 1. The Bertz CT molecular complexity index is 664. The maximum absolute atomic E-state index is 13.3. The molecule has 1 aliphatic heterocycles. The van der Waals surface area contributed by atoms with Gasteiger partial charge in [0.05, 0.1) is 10.6 Å². The Kier molecular flexibility index (Phi) is 3.98. The highest BCUT2D eigenvalue weighted by Gasteiger charge is 2.36. The number of rotatable bonds is 4. The molecular formula is C13H17BrFN3O2S. The van der Waals surface area contributed by atoms with Crippen molar-refractivity contribution >= 4 is 31.6 Å². The number of anilines is 1. The number of hydrogen-bond acceptors (Lipinski definition) is 4. The monoisotopic (exact) mass is 377 g/mol. The van der Waals surface area contributed by atoms with E-state index < -0.39 is 15.8 Å². The molecule has 116 valence electrons. The zero-order valence-electron chi connectivity index (χ0n) is 11.4. The van der Waals surface area contributed by atoms with Crippen LogP contribution in [-0.4, -0.2) is 38.5 Å². The number of likely N-dealkylation sites (tertiary alicyclic amines) is 1. The lowest BCUT2D eigenvalue weighted by Gasteiger charge is -2.16. The molecule has 5 nitrogen and oxygen atoms in total. The first kappa shape index (κ1) is 15.2. The van der Waals surface area contributed by atoms with Crippen LogP contribution in [0.5, 0.6) is 0 Å². The summed E-state index contributed by atoms with van der Waals surface area (Å²) in [5.41, 5.74) is 5.29. The lowest BCUT2D eigenvalue weighted by molar-refractivity contribution is 0.322. The minimum atomic E-state index is -3.71. The zero-order chi connectivity index (χ0) is 15.2. The maximum atomic E-state index is 13.3. The van der Waals surface area contributed by atoms with Crippen LogP contribution in [0.25, 0.3) is 0 Å². The molecule has 1 unspecified atom stereocenters. The van der Waals surface area contributed by atoms with Gasteiger partial charge in [-0.3, -0.25) is 4.90 Å². The summed E-state index contributed by atoms with van der Waals surface area (Å²) in [5, 5.41) is 0. The van der Waals surface area contributed by atoms with Crippen molar-refractivity contribution in [3.63, 3.8) is 0 Å². The quantitative estimate of drug-likeness (QED) is 0.782. The van der Waals surface area contributed by atoms with E-state index in [1.807, 2.05) is 0 Å². The Balaban J connectivity index is 1.76. The van der Waals surface area contributed by atoms with Gasteiger partial charge in [-0.15, -0.1) is 0 Å². The van der Waals surface area contributed by atoms with Gasteiger partial charge in [0, 0.05) is 29.6 Å². The number of halogens is 2. The van der Waals surface area contributed by atoms with E-state index in [0.717, 1.165) is 31.6 Å². The van der Waals surface area contributed by atoms with Gasteiger partial charge < -0.3 is 5.73 Å². The second-order valence-electron chi connectivity index (χ2n) is 5.64. The van der Waals surface area contributed by atoms with E-state index in [1.54, 1.807) is 0 Å². The van der Waals surface area contributed by atoms with Crippen LogP contribution >= 0.6 is 15.9 Å². The SMILES string of the molecule is Nc1cc(S(=O)(=O)NC2CCN(C3CC3)C2)c(Br)cc1F. The van der Waals surface area contributed by atoms with Crippen molar-refractivity contribution in [1.29, 1.82) is 0 Å². The summed E-state index contributed by atoms with van der Waals surface area (Å²) in [6.45, 7) is 1.66. The molecule has 0 spiro atoms. The minimum absolute atomic E-state index is 0.0220. The van der Waals surface area contributed by atoms with E-state index in [1.165, 1.54) is 12.8 Å². The van der Waals surface area contributed by atoms with Crippen molar-refractivity contribution in [2.75, 3.05) is 18.8 Å². The number of benzene rings is 1. The van der Waals surface area contributed by atoms with Crippen LogP contribution in [-0.2, 0) is 10.0 Å². The fourth-order valence-electron chi connectivity index (χ4n) is 2.69. The summed E-state index contributed by atoms with van der Waals surface area (Å²) < 4.78 is 41.1. The standard InChI is InChI=1S/C13H17BrFN3O2S/c14-10-5-11(15)12(16)6-13(10)21(19,20)17-8-3-4-18(7-8)9-1-2-9/h5-6,8-9,17H,1-4,7,16H2. The molecule has 1 heterocycles.